The molecule has 0 radical (unpaired) electrons. The van der Waals surface area contributed by atoms with E-state index in [2.05, 4.69) is 19.2 Å². The maximum atomic E-state index is 11.0. The van der Waals surface area contributed by atoms with E-state index >= 15 is 0 Å². The number of piperidine rings is 1. The molecule has 4 nitrogen and oxygen atoms in total. The molecule has 1 fully saturated rings. The van der Waals surface area contributed by atoms with Gasteiger partial charge in [0.1, 0.15) is 9.84 Å². The highest BCUT2D eigenvalue weighted by Crippen LogP contribution is 2.18. The van der Waals surface area contributed by atoms with Crippen LogP contribution in [0.4, 0.5) is 0 Å². The van der Waals surface area contributed by atoms with Gasteiger partial charge in [0.25, 0.3) is 0 Å². The van der Waals surface area contributed by atoms with Crippen molar-refractivity contribution in [3.63, 3.8) is 0 Å². The summed E-state index contributed by atoms with van der Waals surface area (Å²) in [6, 6.07) is 0.979. The maximum Gasteiger partial charge on any atom is 0.147 e. The van der Waals surface area contributed by atoms with E-state index in [4.69, 9.17) is 4.74 Å². The van der Waals surface area contributed by atoms with Gasteiger partial charge in [-0.3, -0.25) is 0 Å². The molecule has 3 unspecified atom stereocenters. The Labute approximate surface area is 105 Å². The third-order valence-electron chi connectivity index (χ3n) is 3.26. The summed E-state index contributed by atoms with van der Waals surface area (Å²) in [5.41, 5.74) is 0. The SMILES string of the molecule is CCC1NC(C)CCC1OCCCS(C)(=O)=O. The molecule has 1 aliphatic heterocycles. The number of hydrogen-bond acceptors (Lipinski definition) is 4. The Balaban J connectivity index is 2.26. The fraction of sp³-hybridized carbons (Fsp3) is 1.00. The van der Waals surface area contributed by atoms with Crippen LogP contribution in [0, 0.1) is 0 Å². The molecular weight excluding hydrogens is 238 g/mol. The molecule has 0 aromatic rings. The van der Waals surface area contributed by atoms with E-state index in [1.54, 1.807) is 0 Å². The molecule has 1 heterocycles. The van der Waals surface area contributed by atoms with E-state index in [-0.39, 0.29) is 11.9 Å². The Morgan fingerprint density at radius 2 is 2.06 bits per heavy atom. The van der Waals surface area contributed by atoms with Crippen LogP contribution in [0.15, 0.2) is 0 Å². The second-order valence-electron chi connectivity index (χ2n) is 5.05. The first-order chi connectivity index (χ1) is 7.92. The molecule has 17 heavy (non-hydrogen) atoms. The van der Waals surface area contributed by atoms with Crippen LogP contribution < -0.4 is 5.32 Å². The lowest BCUT2D eigenvalue weighted by molar-refractivity contribution is 0.000187. The summed E-state index contributed by atoms with van der Waals surface area (Å²) >= 11 is 0. The highest BCUT2D eigenvalue weighted by atomic mass is 32.2. The molecule has 102 valence electrons. The maximum absolute atomic E-state index is 11.0. The Morgan fingerprint density at radius 3 is 2.65 bits per heavy atom. The average Bonchev–Trinajstić information content (AvgIpc) is 2.24. The summed E-state index contributed by atoms with van der Waals surface area (Å²) in [6.45, 7) is 4.90. The monoisotopic (exact) mass is 263 g/mol. The number of ether oxygens (including phenoxy) is 1. The molecule has 0 amide bonds. The lowest BCUT2D eigenvalue weighted by Crippen LogP contribution is -2.50. The normalized spacial score (nSPS) is 30.4. The molecule has 1 aliphatic rings. The molecule has 0 saturated carbocycles. The van der Waals surface area contributed by atoms with Crippen LogP contribution in [0.2, 0.25) is 0 Å². The van der Waals surface area contributed by atoms with Crippen molar-refractivity contribution in [1.29, 1.82) is 0 Å². The molecular formula is C12H25NO3S. The molecule has 1 N–H and O–H groups in total. The zero-order valence-corrected chi connectivity index (χ0v) is 11.9. The number of nitrogens with one attached hydrogen (secondary N) is 1. The van der Waals surface area contributed by atoms with Crippen molar-refractivity contribution in [1.82, 2.24) is 5.32 Å². The Kier molecular flexibility index (Phi) is 5.89. The second-order valence-corrected chi connectivity index (χ2v) is 7.31. The number of rotatable bonds is 6. The highest BCUT2D eigenvalue weighted by molar-refractivity contribution is 7.90. The topological polar surface area (TPSA) is 55.4 Å². The van der Waals surface area contributed by atoms with Gasteiger partial charge < -0.3 is 10.1 Å². The van der Waals surface area contributed by atoms with E-state index in [1.807, 2.05) is 0 Å². The van der Waals surface area contributed by atoms with Gasteiger partial charge in [0, 0.05) is 24.9 Å². The molecule has 0 bridgehead atoms. The zero-order valence-electron chi connectivity index (χ0n) is 11.1. The number of hydrogen-bond donors (Lipinski definition) is 1. The van der Waals surface area contributed by atoms with E-state index in [0.29, 0.717) is 25.1 Å². The van der Waals surface area contributed by atoms with Gasteiger partial charge in [0.15, 0.2) is 0 Å². The van der Waals surface area contributed by atoms with Crippen molar-refractivity contribution < 1.29 is 13.2 Å². The van der Waals surface area contributed by atoms with Crippen LogP contribution in [-0.2, 0) is 14.6 Å². The van der Waals surface area contributed by atoms with E-state index < -0.39 is 9.84 Å². The third-order valence-corrected chi connectivity index (χ3v) is 4.29. The van der Waals surface area contributed by atoms with Crippen LogP contribution in [0.25, 0.3) is 0 Å². The summed E-state index contributed by atoms with van der Waals surface area (Å²) < 4.78 is 27.8. The summed E-state index contributed by atoms with van der Waals surface area (Å²) in [7, 11) is -2.85. The number of sulfone groups is 1. The van der Waals surface area contributed by atoms with Gasteiger partial charge in [-0.25, -0.2) is 8.42 Å². The van der Waals surface area contributed by atoms with Crippen molar-refractivity contribution in [2.75, 3.05) is 18.6 Å². The van der Waals surface area contributed by atoms with Gasteiger partial charge in [-0.05, 0) is 32.6 Å². The Bertz CT molecular complexity index is 316. The van der Waals surface area contributed by atoms with Crippen LogP contribution in [0.1, 0.15) is 39.5 Å². The summed E-state index contributed by atoms with van der Waals surface area (Å²) in [4.78, 5) is 0. The quantitative estimate of drug-likeness (QED) is 0.735. The minimum atomic E-state index is -2.85. The van der Waals surface area contributed by atoms with Crippen molar-refractivity contribution in [3.8, 4) is 0 Å². The third kappa shape index (κ3) is 5.84. The second kappa shape index (κ2) is 6.71. The van der Waals surface area contributed by atoms with Crippen LogP contribution in [0.3, 0.4) is 0 Å². The largest absolute Gasteiger partial charge is 0.377 e. The minimum absolute atomic E-state index is 0.223. The predicted molar refractivity (Wildman–Crippen MR) is 70.0 cm³/mol. The summed E-state index contributed by atoms with van der Waals surface area (Å²) in [5, 5.41) is 3.53. The van der Waals surface area contributed by atoms with Crippen molar-refractivity contribution >= 4 is 9.84 Å². The van der Waals surface area contributed by atoms with Crippen molar-refractivity contribution in [3.05, 3.63) is 0 Å². The average molecular weight is 263 g/mol. The molecule has 0 aromatic heterocycles. The Morgan fingerprint density at radius 1 is 1.35 bits per heavy atom. The van der Waals surface area contributed by atoms with Crippen LogP contribution >= 0.6 is 0 Å². The van der Waals surface area contributed by atoms with Crippen LogP contribution in [-0.4, -0.2) is 45.2 Å². The minimum Gasteiger partial charge on any atom is -0.377 e. The Hall–Kier alpha value is -0.130. The van der Waals surface area contributed by atoms with Crippen molar-refractivity contribution in [2.24, 2.45) is 0 Å². The van der Waals surface area contributed by atoms with Crippen LogP contribution in [0.5, 0.6) is 0 Å². The van der Waals surface area contributed by atoms with E-state index in [1.165, 1.54) is 6.26 Å². The van der Waals surface area contributed by atoms with Gasteiger partial charge in [-0.2, -0.15) is 0 Å². The fourth-order valence-corrected chi connectivity index (χ4v) is 2.95. The van der Waals surface area contributed by atoms with Gasteiger partial charge in [0.2, 0.25) is 0 Å². The lowest BCUT2D eigenvalue weighted by Gasteiger charge is -2.35. The zero-order chi connectivity index (χ0) is 12.9. The standard InChI is InChI=1S/C12H25NO3S/c1-4-11-12(7-6-10(2)13-11)16-8-5-9-17(3,14)15/h10-13H,4-9H2,1-3H3. The lowest BCUT2D eigenvalue weighted by atomic mass is 9.95. The van der Waals surface area contributed by atoms with Gasteiger partial charge in [0.05, 0.1) is 11.9 Å². The molecule has 1 saturated heterocycles. The van der Waals surface area contributed by atoms with Gasteiger partial charge >= 0.3 is 0 Å². The first kappa shape index (κ1) is 14.9. The molecule has 5 heteroatoms. The first-order valence-electron chi connectivity index (χ1n) is 6.47. The van der Waals surface area contributed by atoms with E-state index in [0.717, 1.165) is 19.3 Å². The fourth-order valence-electron chi connectivity index (χ4n) is 2.31. The van der Waals surface area contributed by atoms with Gasteiger partial charge in [-0.15, -0.1) is 0 Å². The highest BCUT2D eigenvalue weighted by Gasteiger charge is 2.27. The molecule has 0 aromatic carbocycles. The van der Waals surface area contributed by atoms with E-state index in [9.17, 15) is 8.42 Å². The molecule has 0 spiro atoms. The summed E-state index contributed by atoms with van der Waals surface area (Å²) in [5.74, 6) is 0.223. The smallest absolute Gasteiger partial charge is 0.147 e. The summed E-state index contributed by atoms with van der Waals surface area (Å²) in [6.07, 6.45) is 5.38. The van der Waals surface area contributed by atoms with Gasteiger partial charge in [-0.1, -0.05) is 6.92 Å². The molecule has 3 atom stereocenters. The first-order valence-corrected chi connectivity index (χ1v) is 8.54. The van der Waals surface area contributed by atoms with Crippen molar-refractivity contribution in [2.45, 2.75) is 57.7 Å². The molecule has 1 rings (SSSR count). The molecule has 0 aliphatic carbocycles. The predicted octanol–water partition coefficient (Wildman–Crippen LogP) is 1.36.